The van der Waals surface area contributed by atoms with Crippen LogP contribution in [0.15, 0.2) is 24.3 Å². The average Bonchev–Trinajstić information content (AvgIpc) is 2.88. The highest BCUT2D eigenvalue weighted by atomic mass is 19.4. The molecular formula is C17H15F3N4O. The molecule has 1 aliphatic rings. The highest BCUT2D eigenvalue weighted by Crippen LogP contribution is 2.33. The fourth-order valence-electron chi connectivity index (χ4n) is 3.15. The Morgan fingerprint density at radius 2 is 2.16 bits per heavy atom. The highest BCUT2D eigenvalue weighted by molar-refractivity contribution is 5.96. The van der Waals surface area contributed by atoms with Gasteiger partial charge in [0, 0.05) is 18.7 Å². The smallest absolute Gasteiger partial charge is 0.371 e. The Morgan fingerprint density at radius 3 is 2.80 bits per heavy atom. The fraction of sp³-hybridized carbons (Fsp3) is 0.294. The Bertz CT molecular complexity index is 877. The van der Waals surface area contributed by atoms with E-state index in [0.29, 0.717) is 29.9 Å². The number of rotatable bonds is 3. The van der Waals surface area contributed by atoms with E-state index in [-0.39, 0.29) is 17.8 Å². The van der Waals surface area contributed by atoms with Crippen LogP contribution in [-0.4, -0.2) is 17.0 Å². The lowest BCUT2D eigenvalue weighted by atomic mass is 10.0. The van der Waals surface area contributed by atoms with Crippen LogP contribution in [-0.2, 0) is 19.1 Å². The standard InChI is InChI=1S/C17H15F3N4O/c18-17(19,20)11-4-1-3-10(7-11)9-24-14(15(22)25)13(8-21)12-5-2-6-23-16(12)24/h1,3-4,7,23H,2,5-6,9H2,(H2,22,25). The Balaban J connectivity index is 2.11. The molecule has 0 saturated heterocycles. The zero-order chi connectivity index (χ0) is 18.2. The van der Waals surface area contributed by atoms with E-state index in [1.807, 2.05) is 6.07 Å². The van der Waals surface area contributed by atoms with Crippen LogP contribution in [0.2, 0.25) is 0 Å². The maximum atomic E-state index is 12.9. The van der Waals surface area contributed by atoms with E-state index in [2.05, 4.69) is 5.32 Å². The van der Waals surface area contributed by atoms with Crippen molar-refractivity contribution in [3.8, 4) is 6.07 Å². The molecule has 25 heavy (non-hydrogen) atoms. The summed E-state index contributed by atoms with van der Waals surface area (Å²) < 4.78 is 40.2. The number of amides is 1. The van der Waals surface area contributed by atoms with Crippen molar-refractivity contribution >= 4 is 11.7 Å². The van der Waals surface area contributed by atoms with Crippen molar-refractivity contribution in [1.29, 1.82) is 5.26 Å². The summed E-state index contributed by atoms with van der Waals surface area (Å²) in [4.78, 5) is 11.9. The van der Waals surface area contributed by atoms with Gasteiger partial charge in [0.2, 0.25) is 0 Å². The number of carbonyl (C=O) groups is 1. The molecule has 0 fully saturated rings. The van der Waals surface area contributed by atoms with Crippen LogP contribution in [0, 0.1) is 11.3 Å². The van der Waals surface area contributed by atoms with Crippen LogP contribution in [0.25, 0.3) is 0 Å². The number of primary amides is 1. The van der Waals surface area contributed by atoms with Crippen molar-refractivity contribution in [2.75, 3.05) is 11.9 Å². The van der Waals surface area contributed by atoms with Crippen molar-refractivity contribution in [3.63, 3.8) is 0 Å². The third-order valence-electron chi connectivity index (χ3n) is 4.20. The quantitative estimate of drug-likeness (QED) is 0.895. The van der Waals surface area contributed by atoms with Gasteiger partial charge in [-0.25, -0.2) is 0 Å². The average molecular weight is 348 g/mol. The van der Waals surface area contributed by atoms with Crippen LogP contribution in [0.3, 0.4) is 0 Å². The molecule has 1 aliphatic heterocycles. The Kier molecular flexibility index (Phi) is 4.17. The van der Waals surface area contributed by atoms with E-state index in [4.69, 9.17) is 5.73 Å². The molecule has 0 spiro atoms. The van der Waals surface area contributed by atoms with Crippen molar-refractivity contribution in [1.82, 2.24) is 4.57 Å². The summed E-state index contributed by atoms with van der Waals surface area (Å²) in [5.74, 6) is -0.200. The van der Waals surface area contributed by atoms with E-state index >= 15 is 0 Å². The SMILES string of the molecule is N#Cc1c2c(n(Cc3cccc(C(F)(F)F)c3)c1C(N)=O)NCCC2. The second kappa shape index (κ2) is 6.16. The van der Waals surface area contributed by atoms with Crippen molar-refractivity contribution < 1.29 is 18.0 Å². The predicted octanol–water partition coefficient (Wildman–Crippen LogP) is 2.88. The molecule has 2 heterocycles. The normalized spacial score (nSPS) is 13.7. The van der Waals surface area contributed by atoms with Crippen LogP contribution in [0.4, 0.5) is 19.0 Å². The van der Waals surface area contributed by atoms with Crippen LogP contribution in [0.1, 0.15) is 39.2 Å². The molecule has 0 aliphatic carbocycles. The summed E-state index contributed by atoms with van der Waals surface area (Å²) in [5.41, 5.74) is 5.95. The predicted molar refractivity (Wildman–Crippen MR) is 85.0 cm³/mol. The second-order valence-electron chi connectivity index (χ2n) is 5.84. The summed E-state index contributed by atoms with van der Waals surface area (Å²) in [6, 6.07) is 6.89. The molecule has 5 nitrogen and oxygen atoms in total. The Morgan fingerprint density at radius 1 is 1.40 bits per heavy atom. The molecule has 0 saturated carbocycles. The van der Waals surface area contributed by atoms with Gasteiger partial charge in [0.15, 0.2) is 0 Å². The lowest BCUT2D eigenvalue weighted by molar-refractivity contribution is -0.137. The molecule has 1 aromatic heterocycles. The summed E-state index contributed by atoms with van der Waals surface area (Å²) in [5, 5.41) is 12.5. The first-order valence-electron chi connectivity index (χ1n) is 7.68. The van der Waals surface area contributed by atoms with Gasteiger partial charge in [0.25, 0.3) is 5.91 Å². The van der Waals surface area contributed by atoms with Gasteiger partial charge in [0.05, 0.1) is 11.1 Å². The Hall–Kier alpha value is -2.95. The van der Waals surface area contributed by atoms with Crippen molar-refractivity contribution in [2.45, 2.75) is 25.6 Å². The second-order valence-corrected chi connectivity index (χ2v) is 5.84. The first-order valence-corrected chi connectivity index (χ1v) is 7.68. The number of alkyl halides is 3. The summed E-state index contributed by atoms with van der Waals surface area (Å²) >= 11 is 0. The molecule has 0 unspecified atom stereocenters. The number of aromatic nitrogens is 1. The van der Waals surface area contributed by atoms with Gasteiger partial charge >= 0.3 is 6.18 Å². The van der Waals surface area contributed by atoms with Gasteiger partial charge in [-0.3, -0.25) is 4.79 Å². The van der Waals surface area contributed by atoms with Crippen LogP contribution in [0.5, 0.6) is 0 Å². The number of anilines is 1. The van der Waals surface area contributed by atoms with Crippen LogP contribution < -0.4 is 11.1 Å². The molecule has 1 aromatic carbocycles. The number of carbonyl (C=O) groups excluding carboxylic acids is 1. The Labute approximate surface area is 141 Å². The first-order chi connectivity index (χ1) is 11.8. The molecule has 0 radical (unpaired) electrons. The molecule has 8 heteroatoms. The molecule has 1 amide bonds. The number of nitriles is 1. The van der Waals surface area contributed by atoms with Gasteiger partial charge in [-0.05, 0) is 30.5 Å². The lowest BCUT2D eigenvalue weighted by Crippen LogP contribution is -2.20. The number of benzene rings is 1. The van der Waals surface area contributed by atoms with Gasteiger partial charge in [-0.15, -0.1) is 0 Å². The molecule has 3 N–H and O–H groups in total. The third kappa shape index (κ3) is 3.05. The summed E-state index contributed by atoms with van der Waals surface area (Å²) in [6.07, 6.45) is -3.04. The number of halogens is 3. The third-order valence-corrected chi connectivity index (χ3v) is 4.20. The minimum atomic E-state index is -4.45. The summed E-state index contributed by atoms with van der Waals surface area (Å²) in [7, 11) is 0. The molecule has 3 rings (SSSR count). The zero-order valence-corrected chi connectivity index (χ0v) is 13.2. The van der Waals surface area contributed by atoms with E-state index in [9.17, 15) is 23.2 Å². The molecule has 0 atom stereocenters. The zero-order valence-electron chi connectivity index (χ0n) is 13.2. The van der Waals surface area contributed by atoms with E-state index in [1.54, 1.807) is 6.07 Å². The number of hydrogen-bond acceptors (Lipinski definition) is 3. The first kappa shape index (κ1) is 16.9. The highest BCUT2D eigenvalue weighted by Gasteiger charge is 2.31. The fourth-order valence-corrected chi connectivity index (χ4v) is 3.15. The number of nitrogens with one attached hydrogen (secondary N) is 1. The monoisotopic (exact) mass is 348 g/mol. The number of nitrogens with zero attached hydrogens (tertiary/aromatic N) is 2. The largest absolute Gasteiger partial charge is 0.416 e. The van der Waals surface area contributed by atoms with Crippen LogP contribution >= 0.6 is 0 Å². The van der Waals surface area contributed by atoms with Crippen molar-refractivity contribution in [2.24, 2.45) is 5.73 Å². The van der Waals surface area contributed by atoms with Gasteiger partial charge in [-0.2, -0.15) is 18.4 Å². The maximum Gasteiger partial charge on any atom is 0.416 e. The van der Waals surface area contributed by atoms with Gasteiger partial charge in [0.1, 0.15) is 17.6 Å². The summed E-state index contributed by atoms with van der Waals surface area (Å²) in [6.45, 7) is 0.669. The topological polar surface area (TPSA) is 83.8 Å². The lowest BCUT2D eigenvalue weighted by Gasteiger charge is -2.19. The van der Waals surface area contributed by atoms with Gasteiger partial charge < -0.3 is 15.6 Å². The van der Waals surface area contributed by atoms with E-state index in [1.165, 1.54) is 10.6 Å². The number of nitrogens with two attached hydrogens (primary N) is 1. The van der Waals surface area contributed by atoms with Gasteiger partial charge in [-0.1, -0.05) is 12.1 Å². The molecule has 0 bridgehead atoms. The molecule has 130 valence electrons. The van der Waals surface area contributed by atoms with Crippen molar-refractivity contribution in [3.05, 3.63) is 52.2 Å². The minimum absolute atomic E-state index is 0.0131. The minimum Gasteiger partial charge on any atom is -0.371 e. The molecular weight excluding hydrogens is 333 g/mol. The number of fused-ring (bicyclic) bond motifs is 1. The van der Waals surface area contributed by atoms with E-state index < -0.39 is 17.6 Å². The number of hydrogen-bond donors (Lipinski definition) is 2. The maximum absolute atomic E-state index is 12.9. The molecule has 2 aromatic rings. The van der Waals surface area contributed by atoms with E-state index in [0.717, 1.165) is 18.6 Å².